The summed E-state index contributed by atoms with van der Waals surface area (Å²) in [4.78, 5) is 9.83. The summed E-state index contributed by atoms with van der Waals surface area (Å²) in [5.41, 5.74) is 0. The van der Waals surface area contributed by atoms with Crippen molar-refractivity contribution in [2.45, 2.75) is 19.1 Å². The lowest BCUT2D eigenvalue weighted by Gasteiger charge is -2.06. The van der Waals surface area contributed by atoms with Crippen LogP contribution in [0.15, 0.2) is 12.2 Å². The number of carbonyl (C=O) groups excluding carboxylic acids is 1. The van der Waals surface area contributed by atoms with Gasteiger partial charge in [-0.1, -0.05) is 0 Å². The van der Waals surface area contributed by atoms with Crippen LogP contribution >= 0.6 is 0 Å². The maximum Gasteiger partial charge on any atom is 0.142 e. The summed E-state index contributed by atoms with van der Waals surface area (Å²) in [6.07, 6.45) is 3.97. The van der Waals surface area contributed by atoms with Crippen LogP contribution < -0.4 is 5.32 Å². The zero-order chi connectivity index (χ0) is 9.23. The third-order valence-electron chi connectivity index (χ3n) is 1.31. The maximum absolute atomic E-state index is 9.83. The second-order valence-corrected chi connectivity index (χ2v) is 2.35. The molecule has 0 bridgehead atoms. The lowest BCUT2D eigenvalue weighted by Crippen LogP contribution is -2.27. The fraction of sp³-hybridized carbons (Fsp3) is 0.625. The van der Waals surface area contributed by atoms with Gasteiger partial charge in [-0.05, 0) is 31.5 Å². The van der Waals surface area contributed by atoms with E-state index in [0.29, 0.717) is 12.8 Å². The molecule has 0 aliphatic rings. The van der Waals surface area contributed by atoms with Crippen molar-refractivity contribution in [1.82, 2.24) is 5.32 Å². The van der Waals surface area contributed by atoms with Gasteiger partial charge in [0.15, 0.2) is 0 Å². The van der Waals surface area contributed by atoms with Crippen LogP contribution in [0.3, 0.4) is 0 Å². The Morgan fingerprint density at radius 3 is 2.75 bits per heavy atom. The predicted molar refractivity (Wildman–Crippen MR) is 45.5 cm³/mol. The zero-order valence-corrected chi connectivity index (χ0v) is 6.94. The van der Waals surface area contributed by atoms with Crippen LogP contribution in [0.25, 0.3) is 0 Å². The summed E-state index contributed by atoms with van der Waals surface area (Å²) in [6.45, 7) is 0.798. The van der Waals surface area contributed by atoms with E-state index in [4.69, 9.17) is 10.2 Å². The first-order chi connectivity index (χ1) is 5.81. The number of allylic oxidation sites excluding steroid dienone is 1. The molecule has 0 aliphatic carbocycles. The van der Waals surface area contributed by atoms with Crippen LogP contribution in [0.2, 0.25) is 0 Å². The highest BCUT2D eigenvalue weighted by atomic mass is 16.3. The van der Waals surface area contributed by atoms with Crippen LogP contribution in [-0.4, -0.2) is 35.9 Å². The van der Waals surface area contributed by atoms with Gasteiger partial charge in [0.1, 0.15) is 12.5 Å². The molecular formula is C8H15NO3. The van der Waals surface area contributed by atoms with E-state index in [1.54, 1.807) is 0 Å². The molecule has 0 saturated heterocycles. The summed E-state index contributed by atoms with van der Waals surface area (Å²) < 4.78 is 0. The molecule has 0 fully saturated rings. The molecule has 4 heteroatoms. The third kappa shape index (κ3) is 7.40. The van der Waals surface area contributed by atoms with Gasteiger partial charge in [0.25, 0.3) is 0 Å². The fourth-order valence-electron chi connectivity index (χ4n) is 0.705. The molecule has 0 heterocycles. The standard InChI is InChI=1S/C8H15NO3/c10-6-2-1-5-9-8(12)4-3-7-11/h3-4,7-10,12H,1-2,5-6H2/b4-3-/t8-/m0/s1. The van der Waals surface area contributed by atoms with E-state index in [-0.39, 0.29) is 6.61 Å². The summed E-state index contributed by atoms with van der Waals surface area (Å²) in [5.74, 6) is 0. The first-order valence-electron chi connectivity index (χ1n) is 3.95. The summed E-state index contributed by atoms with van der Waals surface area (Å²) in [7, 11) is 0. The molecule has 70 valence electrons. The van der Waals surface area contributed by atoms with Gasteiger partial charge in [-0.3, -0.25) is 10.1 Å². The van der Waals surface area contributed by atoms with Crippen molar-refractivity contribution in [3.05, 3.63) is 12.2 Å². The Morgan fingerprint density at radius 1 is 1.42 bits per heavy atom. The Bertz CT molecular complexity index is 136. The number of hydrogen-bond donors (Lipinski definition) is 3. The summed E-state index contributed by atoms with van der Waals surface area (Å²) in [5, 5.41) is 20.2. The van der Waals surface area contributed by atoms with Crippen molar-refractivity contribution in [1.29, 1.82) is 0 Å². The van der Waals surface area contributed by atoms with Gasteiger partial charge in [0, 0.05) is 6.61 Å². The number of aldehydes is 1. The number of aliphatic hydroxyl groups is 2. The third-order valence-corrected chi connectivity index (χ3v) is 1.31. The van der Waals surface area contributed by atoms with Gasteiger partial charge in [0.05, 0.1) is 0 Å². The van der Waals surface area contributed by atoms with Crippen molar-refractivity contribution in [2.75, 3.05) is 13.2 Å². The summed E-state index contributed by atoms with van der Waals surface area (Å²) in [6, 6.07) is 0. The molecule has 0 aromatic heterocycles. The molecule has 0 radical (unpaired) electrons. The van der Waals surface area contributed by atoms with E-state index >= 15 is 0 Å². The van der Waals surface area contributed by atoms with Crippen LogP contribution in [-0.2, 0) is 4.79 Å². The van der Waals surface area contributed by atoms with Crippen molar-refractivity contribution < 1.29 is 15.0 Å². The Labute approximate surface area is 71.9 Å². The SMILES string of the molecule is O=C/C=C\[C@H](O)NCCCCO. The number of hydrogen-bond acceptors (Lipinski definition) is 4. The molecule has 4 nitrogen and oxygen atoms in total. The van der Waals surface area contributed by atoms with Gasteiger partial charge in [-0.15, -0.1) is 0 Å². The van der Waals surface area contributed by atoms with E-state index < -0.39 is 6.23 Å². The number of carbonyl (C=O) groups is 1. The fourth-order valence-corrected chi connectivity index (χ4v) is 0.705. The topological polar surface area (TPSA) is 69.6 Å². The largest absolute Gasteiger partial charge is 0.396 e. The van der Waals surface area contributed by atoms with Gasteiger partial charge in [0.2, 0.25) is 0 Å². The van der Waals surface area contributed by atoms with Gasteiger partial charge < -0.3 is 10.2 Å². The van der Waals surface area contributed by atoms with E-state index in [1.807, 2.05) is 0 Å². The van der Waals surface area contributed by atoms with Crippen LogP contribution in [0.4, 0.5) is 0 Å². The molecule has 1 atom stereocenters. The lowest BCUT2D eigenvalue weighted by molar-refractivity contribution is -0.104. The van der Waals surface area contributed by atoms with Crippen molar-refractivity contribution in [3.63, 3.8) is 0 Å². The lowest BCUT2D eigenvalue weighted by atomic mass is 10.3. The molecule has 0 aliphatic heterocycles. The van der Waals surface area contributed by atoms with Crippen LogP contribution in [0.1, 0.15) is 12.8 Å². The first kappa shape index (κ1) is 11.3. The Morgan fingerprint density at radius 2 is 2.17 bits per heavy atom. The molecular weight excluding hydrogens is 158 g/mol. The Kier molecular flexibility index (Phi) is 7.89. The average Bonchev–Trinajstić information content (AvgIpc) is 2.09. The van der Waals surface area contributed by atoms with E-state index in [2.05, 4.69) is 5.32 Å². The first-order valence-corrected chi connectivity index (χ1v) is 3.95. The highest BCUT2D eigenvalue weighted by molar-refractivity contribution is 5.64. The highest BCUT2D eigenvalue weighted by Crippen LogP contribution is 1.86. The average molecular weight is 173 g/mol. The molecule has 0 unspecified atom stereocenters. The number of unbranched alkanes of at least 4 members (excludes halogenated alkanes) is 1. The predicted octanol–water partition coefficient (Wildman–Crippen LogP) is -0.578. The minimum absolute atomic E-state index is 0.169. The van der Waals surface area contributed by atoms with E-state index in [9.17, 15) is 4.79 Å². The molecule has 0 aromatic carbocycles. The zero-order valence-electron chi connectivity index (χ0n) is 6.94. The molecule has 3 N–H and O–H groups in total. The minimum Gasteiger partial charge on any atom is -0.396 e. The molecule has 12 heavy (non-hydrogen) atoms. The van der Waals surface area contributed by atoms with Crippen LogP contribution in [0.5, 0.6) is 0 Å². The van der Waals surface area contributed by atoms with E-state index in [1.165, 1.54) is 12.2 Å². The van der Waals surface area contributed by atoms with Crippen LogP contribution in [0, 0.1) is 0 Å². The quantitative estimate of drug-likeness (QED) is 0.208. The van der Waals surface area contributed by atoms with Crippen molar-refractivity contribution >= 4 is 6.29 Å². The van der Waals surface area contributed by atoms with Gasteiger partial charge >= 0.3 is 0 Å². The monoisotopic (exact) mass is 173 g/mol. The van der Waals surface area contributed by atoms with Gasteiger partial charge in [-0.2, -0.15) is 0 Å². The minimum atomic E-state index is -0.770. The van der Waals surface area contributed by atoms with E-state index in [0.717, 1.165) is 12.8 Å². The molecule has 0 spiro atoms. The van der Waals surface area contributed by atoms with Gasteiger partial charge in [-0.25, -0.2) is 0 Å². The van der Waals surface area contributed by atoms with Crippen molar-refractivity contribution in [2.24, 2.45) is 0 Å². The summed E-state index contributed by atoms with van der Waals surface area (Å²) >= 11 is 0. The number of rotatable bonds is 7. The molecule has 0 aromatic rings. The second-order valence-electron chi connectivity index (χ2n) is 2.35. The highest BCUT2D eigenvalue weighted by Gasteiger charge is 1.94. The Hall–Kier alpha value is -0.710. The molecule has 0 rings (SSSR count). The van der Waals surface area contributed by atoms with Crippen molar-refractivity contribution in [3.8, 4) is 0 Å². The normalized spacial score (nSPS) is 13.5. The molecule has 0 saturated carbocycles. The Balaban J connectivity index is 3.24. The maximum atomic E-state index is 9.83. The second kappa shape index (κ2) is 8.39. The smallest absolute Gasteiger partial charge is 0.142 e. The number of nitrogens with one attached hydrogen (secondary N) is 1. The number of aliphatic hydroxyl groups excluding tert-OH is 2. The molecule has 0 amide bonds.